The highest BCUT2D eigenvalue weighted by atomic mass is 16.5. The SMILES string of the molecule is CC1OC(=O)[C@@H]2CCCN(N2)C(=O)[C@H](C)NC(=O)[C@H](C(C)C)NC(=O)C/C=C\c2cc3cc1ccc3cn2. The normalized spacial score (nSPS) is 26.6. The second-order valence-corrected chi connectivity index (χ2v) is 10.2. The number of esters is 1. The molecule has 1 aromatic heterocycles. The standard InChI is InChI=1S/C28H35N5O5/c1-16(2)25-26(35)30-17(3)27(36)33-12-6-8-23(32-33)28(37)38-18(4)19-10-11-20-15-29-22(14-21(20)13-19)7-5-9-24(34)31-25/h5,7,10-11,13-18,23,25,32H,6,8-9,12H2,1-4H3,(H,30,35)(H,31,34)/b7-5-/t17-,18?,23-,25-/m0/s1. The van der Waals surface area contributed by atoms with Crippen LogP contribution in [0, 0.1) is 5.92 Å². The molecule has 0 radical (unpaired) electrons. The average Bonchev–Trinajstić information content (AvgIpc) is 2.90. The molecule has 10 heteroatoms. The van der Waals surface area contributed by atoms with Crippen LogP contribution in [0.25, 0.3) is 16.8 Å². The Morgan fingerprint density at radius 2 is 1.84 bits per heavy atom. The Hall–Kier alpha value is -3.79. The number of benzene rings is 1. The third-order valence-corrected chi connectivity index (χ3v) is 6.85. The lowest BCUT2D eigenvalue weighted by Gasteiger charge is -2.35. The summed E-state index contributed by atoms with van der Waals surface area (Å²) in [6.45, 7) is 7.44. The minimum atomic E-state index is -0.861. The molecule has 0 spiro atoms. The van der Waals surface area contributed by atoms with Crippen molar-refractivity contribution < 1.29 is 23.9 Å². The molecule has 2 aliphatic rings. The molecule has 1 fully saturated rings. The predicted molar refractivity (Wildman–Crippen MR) is 142 cm³/mol. The van der Waals surface area contributed by atoms with Crippen molar-refractivity contribution in [2.75, 3.05) is 6.54 Å². The second kappa shape index (κ2) is 11.7. The maximum Gasteiger partial charge on any atom is 0.325 e. The molecular weight excluding hydrogens is 486 g/mol. The summed E-state index contributed by atoms with van der Waals surface area (Å²) in [4.78, 5) is 56.1. The first-order chi connectivity index (χ1) is 18.1. The number of nitrogens with zero attached hydrogens (tertiary/aromatic N) is 2. The number of fused-ring (bicyclic) bond motifs is 4. The highest BCUT2D eigenvalue weighted by Crippen LogP contribution is 2.24. The number of hydrogen-bond acceptors (Lipinski definition) is 7. The first kappa shape index (κ1) is 27.3. The van der Waals surface area contributed by atoms with Crippen LogP contribution in [0.2, 0.25) is 0 Å². The fourth-order valence-electron chi connectivity index (χ4n) is 4.61. The van der Waals surface area contributed by atoms with Crippen molar-refractivity contribution >= 4 is 40.5 Å². The number of cyclic esters (lactones) is 1. The first-order valence-corrected chi connectivity index (χ1v) is 13.1. The molecule has 1 aromatic carbocycles. The largest absolute Gasteiger partial charge is 0.457 e. The van der Waals surface area contributed by atoms with Crippen molar-refractivity contribution in [3.8, 4) is 0 Å². The lowest BCUT2D eigenvalue weighted by Crippen LogP contribution is -2.61. The summed E-state index contributed by atoms with van der Waals surface area (Å²) in [5.74, 6) is -1.77. The van der Waals surface area contributed by atoms with Gasteiger partial charge in [-0.1, -0.05) is 32.1 Å². The van der Waals surface area contributed by atoms with Gasteiger partial charge in [0.1, 0.15) is 24.2 Å². The minimum Gasteiger partial charge on any atom is -0.457 e. The molecule has 0 saturated carbocycles. The van der Waals surface area contributed by atoms with E-state index in [4.69, 9.17) is 4.74 Å². The van der Waals surface area contributed by atoms with Crippen molar-refractivity contribution in [3.63, 3.8) is 0 Å². The van der Waals surface area contributed by atoms with E-state index in [1.54, 1.807) is 25.3 Å². The van der Waals surface area contributed by atoms with Crippen LogP contribution >= 0.6 is 0 Å². The lowest BCUT2D eigenvalue weighted by molar-refractivity contribution is -0.157. The topological polar surface area (TPSA) is 130 Å². The molecule has 1 unspecified atom stereocenters. The van der Waals surface area contributed by atoms with Crippen LogP contribution < -0.4 is 16.1 Å². The summed E-state index contributed by atoms with van der Waals surface area (Å²) in [5.41, 5.74) is 4.48. The summed E-state index contributed by atoms with van der Waals surface area (Å²) in [6, 6.07) is 5.33. The van der Waals surface area contributed by atoms with E-state index in [0.717, 1.165) is 16.3 Å². The molecular formula is C28H35N5O5. The van der Waals surface area contributed by atoms with E-state index in [1.165, 1.54) is 5.01 Å². The number of carbonyl (C=O) groups excluding carboxylic acids is 4. The Balaban J connectivity index is 1.64. The van der Waals surface area contributed by atoms with Gasteiger partial charge < -0.3 is 15.4 Å². The lowest BCUT2D eigenvalue weighted by atomic mass is 10.0. The number of nitrogens with one attached hydrogen (secondary N) is 3. The first-order valence-electron chi connectivity index (χ1n) is 13.1. The fourth-order valence-corrected chi connectivity index (χ4v) is 4.61. The third kappa shape index (κ3) is 6.36. The van der Waals surface area contributed by atoms with Gasteiger partial charge in [0.05, 0.1) is 5.69 Å². The van der Waals surface area contributed by atoms with E-state index in [9.17, 15) is 19.2 Å². The summed E-state index contributed by atoms with van der Waals surface area (Å²) in [5, 5.41) is 8.71. The Labute approximate surface area is 222 Å². The number of amides is 3. The highest BCUT2D eigenvalue weighted by molar-refractivity contribution is 5.92. The second-order valence-electron chi connectivity index (χ2n) is 10.2. The van der Waals surface area contributed by atoms with Crippen molar-refractivity contribution in [2.24, 2.45) is 5.92 Å². The van der Waals surface area contributed by atoms with Crippen molar-refractivity contribution in [1.82, 2.24) is 26.1 Å². The van der Waals surface area contributed by atoms with Gasteiger partial charge in [0.15, 0.2) is 0 Å². The summed E-state index contributed by atoms with van der Waals surface area (Å²) >= 11 is 0. The minimum absolute atomic E-state index is 0.0663. The van der Waals surface area contributed by atoms with E-state index < -0.39 is 36.1 Å². The smallest absolute Gasteiger partial charge is 0.325 e. The van der Waals surface area contributed by atoms with Gasteiger partial charge in [-0.25, -0.2) is 5.43 Å². The van der Waals surface area contributed by atoms with Gasteiger partial charge >= 0.3 is 5.97 Å². The molecule has 5 bridgehead atoms. The van der Waals surface area contributed by atoms with Crippen molar-refractivity contribution in [2.45, 2.75) is 71.2 Å². The van der Waals surface area contributed by atoms with Crippen LogP contribution in [0.15, 0.2) is 36.5 Å². The summed E-state index contributed by atoms with van der Waals surface area (Å²) in [6.07, 6.45) is 5.90. The molecule has 3 N–H and O–H groups in total. The van der Waals surface area contributed by atoms with Gasteiger partial charge in [-0.15, -0.1) is 0 Å². The zero-order chi connectivity index (χ0) is 27.4. The van der Waals surface area contributed by atoms with Gasteiger partial charge in [-0.3, -0.25) is 29.2 Å². The molecule has 3 heterocycles. The Kier molecular flexibility index (Phi) is 8.41. The van der Waals surface area contributed by atoms with E-state index in [0.29, 0.717) is 25.1 Å². The van der Waals surface area contributed by atoms with Crippen molar-refractivity contribution in [3.05, 3.63) is 47.8 Å². The predicted octanol–water partition coefficient (Wildman–Crippen LogP) is 2.40. The quantitative estimate of drug-likeness (QED) is 0.492. The van der Waals surface area contributed by atoms with E-state index >= 15 is 0 Å². The summed E-state index contributed by atoms with van der Waals surface area (Å²) < 4.78 is 5.77. The average molecular weight is 522 g/mol. The number of carbonyl (C=O) groups is 4. The van der Waals surface area contributed by atoms with E-state index in [1.807, 2.05) is 45.0 Å². The van der Waals surface area contributed by atoms with Gasteiger partial charge in [0.2, 0.25) is 11.8 Å². The van der Waals surface area contributed by atoms with Gasteiger partial charge in [0, 0.05) is 24.5 Å². The number of ether oxygens (including phenoxy) is 1. The van der Waals surface area contributed by atoms with Crippen LogP contribution in [0.5, 0.6) is 0 Å². The number of hydrogen-bond donors (Lipinski definition) is 3. The van der Waals surface area contributed by atoms with Crippen molar-refractivity contribution in [1.29, 1.82) is 0 Å². The van der Waals surface area contributed by atoms with Gasteiger partial charge in [-0.05, 0) is 61.8 Å². The number of rotatable bonds is 1. The van der Waals surface area contributed by atoms with Crippen LogP contribution in [0.4, 0.5) is 0 Å². The molecule has 2 aliphatic heterocycles. The third-order valence-electron chi connectivity index (χ3n) is 6.85. The van der Waals surface area contributed by atoms with Gasteiger partial charge in [0.25, 0.3) is 5.91 Å². The molecule has 0 aliphatic carbocycles. The molecule has 3 amide bonds. The maximum atomic E-state index is 13.1. The molecule has 1 saturated heterocycles. The Morgan fingerprint density at radius 3 is 2.61 bits per heavy atom. The zero-order valence-electron chi connectivity index (χ0n) is 22.2. The Bertz CT molecular complexity index is 1260. The van der Waals surface area contributed by atoms with Crippen LogP contribution in [-0.2, 0) is 23.9 Å². The number of aromatic nitrogens is 1. The molecule has 2 aromatic rings. The molecule has 10 nitrogen and oxygen atoms in total. The number of hydrazine groups is 1. The van der Waals surface area contributed by atoms with Crippen LogP contribution in [-0.4, -0.2) is 58.4 Å². The van der Waals surface area contributed by atoms with E-state index in [-0.39, 0.29) is 24.2 Å². The Morgan fingerprint density at radius 1 is 1.05 bits per heavy atom. The van der Waals surface area contributed by atoms with E-state index in [2.05, 4.69) is 21.0 Å². The van der Waals surface area contributed by atoms with Gasteiger partial charge in [-0.2, -0.15) is 0 Å². The molecule has 202 valence electrons. The van der Waals surface area contributed by atoms with Crippen LogP contribution in [0.3, 0.4) is 0 Å². The maximum absolute atomic E-state index is 13.1. The summed E-state index contributed by atoms with van der Waals surface area (Å²) in [7, 11) is 0. The molecule has 4 atom stereocenters. The molecule has 4 rings (SSSR count). The zero-order valence-corrected chi connectivity index (χ0v) is 22.2. The van der Waals surface area contributed by atoms with Crippen LogP contribution in [0.1, 0.15) is 64.3 Å². The number of pyridine rings is 1. The fraction of sp³-hybridized carbons (Fsp3) is 0.464. The molecule has 38 heavy (non-hydrogen) atoms. The highest BCUT2D eigenvalue weighted by Gasteiger charge is 2.33. The monoisotopic (exact) mass is 521 g/mol.